The highest BCUT2D eigenvalue weighted by molar-refractivity contribution is 6.34. The van der Waals surface area contributed by atoms with Crippen molar-refractivity contribution in [3.05, 3.63) is 34.6 Å². The van der Waals surface area contributed by atoms with Crippen LogP contribution in [0, 0.1) is 11.2 Å². The summed E-state index contributed by atoms with van der Waals surface area (Å²) in [5.41, 5.74) is 0.317. The van der Waals surface area contributed by atoms with Crippen LogP contribution < -0.4 is 10.6 Å². The third-order valence-corrected chi connectivity index (χ3v) is 4.38. The van der Waals surface area contributed by atoms with Crippen LogP contribution >= 0.6 is 24.0 Å². The lowest BCUT2D eigenvalue weighted by molar-refractivity contribution is 0.0928. The van der Waals surface area contributed by atoms with Gasteiger partial charge in [-0.1, -0.05) is 31.5 Å². The van der Waals surface area contributed by atoms with Gasteiger partial charge < -0.3 is 10.6 Å². The Morgan fingerprint density at radius 2 is 2.24 bits per heavy atom. The summed E-state index contributed by atoms with van der Waals surface area (Å²) in [4.78, 5) is 12.1. The van der Waals surface area contributed by atoms with Crippen LogP contribution in [0.3, 0.4) is 0 Å². The molecule has 1 atom stereocenters. The number of carbonyl (C=O) groups is 1. The summed E-state index contributed by atoms with van der Waals surface area (Å²) >= 11 is 5.81. The number of piperidine rings is 1. The van der Waals surface area contributed by atoms with Crippen molar-refractivity contribution in [2.45, 2.75) is 32.7 Å². The van der Waals surface area contributed by atoms with E-state index in [1.54, 1.807) is 0 Å². The largest absolute Gasteiger partial charge is 0.350 e. The van der Waals surface area contributed by atoms with Gasteiger partial charge in [0.1, 0.15) is 5.82 Å². The van der Waals surface area contributed by atoms with Crippen molar-refractivity contribution in [2.75, 3.05) is 13.1 Å². The van der Waals surface area contributed by atoms with E-state index in [0.29, 0.717) is 6.54 Å². The van der Waals surface area contributed by atoms with Gasteiger partial charge in [-0.3, -0.25) is 4.79 Å². The number of nitrogens with one attached hydrogen (secondary N) is 2. The van der Waals surface area contributed by atoms with Crippen molar-refractivity contribution in [1.82, 2.24) is 10.6 Å². The Hall–Kier alpha value is -0.840. The fraction of sp³-hybridized carbons (Fsp3) is 0.533. The maximum atomic E-state index is 13.3. The first-order valence-electron chi connectivity index (χ1n) is 6.87. The molecule has 1 amide bonds. The molecule has 0 aromatic heterocycles. The van der Waals surface area contributed by atoms with Gasteiger partial charge in [0.25, 0.3) is 5.91 Å². The highest BCUT2D eigenvalue weighted by atomic mass is 35.5. The lowest BCUT2D eigenvalue weighted by Crippen LogP contribution is -2.52. The Labute approximate surface area is 136 Å². The molecule has 21 heavy (non-hydrogen) atoms. The topological polar surface area (TPSA) is 41.1 Å². The van der Waals surface area contributed by atoms with Crippen LogP contribution in [0.5, 0.6) is 0 Å². The molecule has 1 fully saturated rings. The first-order valence-corrected chi connectivity index (χ1v) is 7.25. The molecular formula is C15H21Cl2FN2O. The molecule has 1 aromatic rings. The standard InChI is InChI=1S/C15H20ClFN2O.ClH/c1-15(2)7-4-8-18-12(15)9-19-14(20)10-5-3-6-11(17)13(10)16;/h3,5-6,12,18H,4,7-9H2,1-2H3,(H,19,20);1H. The van der Waals surface area contributed by atoms with E-state index in [1.165, 1.54) is 18.2 Å². The zero-order valence-electron chi connectivity index (χ0n) is 12.2. The van der Waals surface area contributed by atoms with Crippen LogP contribution in [0.4, 0.5) is 4.39 Å². The highest BCUT2D eigenvalue weighted by Crippen LogP contribution is 2.29. The Kier molecular flexibility index (Phi) is 6.44. The minimum Gasteiger partial charge on any atom is -0.350 e. The van der Waals surface area contributed by atoms with Crippen LogP contribution in [-0.2, 0) is 0 Å². The van der Waals surface area contributed by atoms with Gasteiger partial charge in [-0.05, 0) is 36.9 Å². The predicted molar refractivity (Wildman–Crippen MR) is 85.8 cm³/mol. The average molecular weight is 335 g/mol. The zero-order chi connectivity index (χ0) is 14.8. The molecule has 2 N–H and O–H groups in total. The van der Waals surface area contributed by atoms with E-state index in [4.69, 9.17) is 11.6 Å². The lowest BCUT2D eigenvalue weighted by atomic mass is 9.77. The van der Waals surface area contributed by atoms with Gasteiger partial charge in [0, 0.05) is 12.6 Å². The Morgan fingerprint density at radius 1 is 1.52 bits per heavy atom. The summed E-state index contributed by atoms with van der Waals surface area (Å²) < 4.78 is 13.3. The van der Waals surface area contributed by atoms with Gasteiger partial charge >= 0.3 is 0 Å². The quantitative estimate of drug-likeness (QED) is 0.889. The van der Waals surface area contributed by atoms with Crippen molar-refractivity contribution < 1.29 is 9.18 Å². The summed E-state index contributed by atoms with van der Waals surface area (Å²) in [6.07, 6.45) is 2.27. The summed E-state index contributed by atoms with van der Waals surface area (Å²) in [6.45, 7) is 5.85. The molecule has 0 radical (unpaired) electrons. The molecule has 0 spiro atoms. The first kappa shape index (κ1) is 18.2. The van der Waals surface area contributed by atoms with Crippen LogP contribution in [0.1, 0.15) is 37.0 Å². The van der Waals surface area contributed by atoms with Gasteiger partial charge in [-0.15, -0.1) is 12.4 Å². The molecule has 1 saturated heterocycles. The second kappa shape index (κ2) is 7.43. The van der Waals surface area contributed by atoms with Crippen LogP contribution in [0.25, 0.3) is 0 Å². The molecule has 2 rings (SSSR count). The van der Waals surface area contributed by atoms with E-state index >= 15 is 0 Å². The number of halogens is 3. The molecule has 1 unspecified atom stereocenters. The minimum atomic E-state index is -0.574. The number of amides is 1. The fourth-order valence-corrected chi connectivity index (χ4v) is 2.80. The molecule has 118 valence electrons. The third kappa shape index (κ3) is 4.31. The van der Waals surface area contributed by atoms with Crippen LogP contribution in [0.2, 0.25) is 5.02 Å². The van der Waals surface area contributed by atoms with Crippen molar-refractivity contribution in [3.8, 4) is 0 Å². The average Bonchev–Trinajstić information content (AvgIpc) is 2.40. The second-order valence-corrected chi connectivity index (χ2v) is 6.29. The summed E-state index contributed by atoms with van der Waals surface area (Å²) in [7, 11) is 0. The number of hydrogen-bond acceptors (Lipinski definition) is 2. The molecule has 3 nitrogen and oxygen atoms in total. The SMILES string of the molecule is CC1(C)CCCNC1CNC(=O)c1cccc(F)c1Cl.Cl. The summed E-state index contributed by atoms with van der Waals surface area (Å²) in [6, 6.07) is 4.47. The fourth-order valence-electron chi connectivity index (χ4n) is 2.59. The Morgan fingerprint density at radius 3 is 2.90 bits per heavy atom. The molecule has 0 aliphatic carbocycles. The predicted octanol–water partition coefficient (Wildman–Crippen LogP) is 3.41. The van der Waals surface area contributed by atoms with Crippen molar-refractivity contribution in [2.24, 2.45) is 5.41 Å². The van der Waals surface area contributed by atoms with E-state index in [9.17, 15) is 9.18 Å². The van der Waals surface area contributed by atoms with Gasteiger partial charge in [0.2, 0.25) is 0 Å². The van der Waals surface area contributed by atoms with Gasteiger partial charge in [0.05, 0.1) is 10.6 Å². The van der Waals surface area contributed by atoms with Crippen LogP contribution in [-0.4, -0.2) is 25.0 Å². The second-order valence-electron chi connectivity index (χ2n) is 5.91. The highest BCUT2D eigenvalue weighted by Gasteiger charge is 2.32. The Balaban J connectivity index is 0.00000220. The molecule has 1 aliphatic rings. The van der Waals surface area contributed by atoms with Gasteiger partial charge in [0.15, 0.2) is 0 Å². The van der Waals surface area contributed by atoms with Crippen LogP contribution in [0.15, 0.2) is 18.2 Å². The smallest absolute Gasteiger partial charge is 0.252 e. The van der Waals surface area contributed by atoms with Crippen molar-refractivity contribution in [3.63, 3.8) is 0 Å². The molecule has 6 heteroatoms. The molecule has 1 aliphatic heterocycles. The van der Waals surface area contributed by atoms with Crippen molar-refractivity contribution >= 4 is 29.9 Å². The van der Waals surface area contributed by atoms with Gasteiger partial charge in [-0.2, -0.15) is 0 Å². The molecule has 0 saturated carbocycles. The zero-order valence-corrected chi connectivity index (χ0v) is 13.8. The molecule has 1 heterocycles. The number of rotatable bonds is 3. The number of benzene rings is 1. The number of carbonyl (C=O) groups excluding carboxylic acids is 1. The maximum absolute atomic E-state index is 13.3. The van der Waals surface area contributed by atoms with E-state index in [1.807, 2.05) is 0 Å². The van der Waals surface area contributed by atoms with E-state index in [-0.39, 0.29) is 40.4 Å². The normalized spacial score (nSPS) is 20.5. The lowest BCUT2D eigenvalue weighted by Gasteiger charge is -2.39. The molecule has 0 bridgehead atoms. The number of hydrogen-bond donors (Lipinski definition) is 2. The van der Waals surface area contributed by atoms with E-state index in [0.717, 1.165) is 19.4 Å². The summed E-state index contributed by atoms with van der Waals surface area (Å²) in [5.74, 6) is -0.909. The first-order chi connectivity index (χ1) is 9.42. The van der Waals surface area contributed by atoms with E-state index < -0.39 is 5.82 Å². The summed E-state index contributed by atoms with van der Waals surface area (Å²) in [5, 5.41) is 6.14. The van der Waals surface area contributed by atoms with E-state index in [2.05, 4.69) is 24.5 Å². The third-order valence-electron chi connectivity index (χ3n) is 3.99. The Bertz CT molecular complexity index is 508. The monoisotopic (exact) mass is 334 g/mol. The minimum absolute atomic E-state index is 0. The molecular weight excluding hydrogens is 314 g/mol. The van der Waals surface area contributed by atoms with Crippen molar-refractivity contribution in [1.29, 1.82) is 0 Å². The maximum Gasteiger partial charge on any atom is 0.252 e. The van der Waals surface area contributed by atoms with Gasteiger partial charge in [-0.25, -0.2) is 4.39 Å². The molecule has 1 aromatic carbocycles.